The molecule has 0 aliphatic rings. The Kier molecular flexibility index (Phi) is 6.22. The number of carbonyl (C=O) groups excluding carboxylic acids is 2. The summed E-state index contributed by atoms with van der Waals surface area (Å²) >= 11 is 3.24. The minimum atomic E-state index is -0.427. The maximum absolute atomic E-state index is 12.0. The van der Waals surface area contributed by atoms with Crippen LogP contribution in [-0.4, -0.2) is 23.4 Å². The van der Waals surface area contributed by atoms with Gasteiger partial charge in [-0.25, -0.2) is 0 Å². The number of amides is 2. The van der Waals surface area contributed by atoms with Crippen molar-refractivity contribution in [2.24, 2.45) is 0 Å². The Morgan fingerprint density at radius 1 is 1.17 bits per heavy atom. The van der Waals surface area contributed by atoms with Crippen molar-refractivity contribution in [3.8, 4) is 5.75 Å². The van der Waals surface area contributed by atoms with Crippen LogP contribution in [0.3, 0.4) is 0 Å². The molecule has 2 aromatic rings. The molecular formula is C16H18BrN3O3. The highest BCUT2D eigenvalue weighted by Crippen LogP contribution is 2.13. The zero-order chi connectivity index (χ0) is 16.7. The average molecular weight is 380 g/mol. The Labute approximate surface area is 142 Å². The van der Waals surface area contributed by atoms with Crippen molar-refractivity contribution in [2.45, 2.75) is 19.8 Å². The van der Waals surface area contributed by atoms with Gasteiger partial charge in [-0.1, -0.05) is 13.3 Å². The summed E-state index contributed by atoms with van der Waals surface area (Å²) in [6.45, 7) is 2.75. The molecule has 3 N–H and O–H groups in total. The summed E-state index contributed by atoms with van der Waals surface area (Å²) in [5, 5.41) is 0. The van der Waals surface area contributed by atoms with E-state index in [4.69, 9.17) is 4.74 Å². The number of unbranched alkanes of at least 4 members (excludes halogenated alkanes) is 1. The molecule has 1 aromatic heterocycles. The van der Waals surface area contributed by atoms with E-state index >= 15 is 0 Å². The first kappa shape index (κ1) is 17.1. The van der Waals surface area contributed by atoms with Crippen LogP contribution in [0.5, 0.6) is 5.75 Å². The van der Waals surface area contributed by atoms with E-state index in [9.17, 15) is 9.59 Å². The van der Waals surface area contributed by atoms with E-state index in [1.165, 1.54) is 0 Å². The molecule has 1 aromatic carbocycles. The van der Waals surface area contributed by atoms with Gasteiger partial charge in [0.25, 0.3) is 11.8 Å². The zero-order valence-electron chi connectivity index (χ0n) is 12.7. The molecule has 6 nitrogen and oxygen atoms in total. The number of benzene rings is 1. The number of aromatic amines is 1. The number of hydrogen-bond donors (Lipinski definition) is 3. The number of rotatable bonds is 6. The number of hydrazine groups is 1. The molecule has 1 heterocycles. The molecule has 0 unspecified atom stereocenters. The lowest BCUT2D eigenvalue weighted by Crippen LogP contribution is -2.41. The van der Waals surface area contributed by atoms with Gasteiger partial charge in [-0.3, -0.25) is 20.4 Å². The van der Waals surface area contributed by atoms with E-state index < -0.39 is 11.8 Å². The fourth-order valence-corrected chi connectivity index (χ4v) is 2.13. The zero-order valence-corrected chi connectivity index (χ0v) is 14.3. The van der Waals surface area contributed by atoms with Gasteiger partial charge in [0.15, 0.2) is 0 Å². The third kappa shape index (κ3) is 5.14. The highest BCUT2D eigenvalue weighted by Gasteiger charge is 2.10. The molecule has 7 heteroatoms. The van der Waals surface area contributed by atoms with Gasteiger partial charge in [0.05, 0.1) is 6.61 Å². The monoisotopic (exact) mass is 379 g/mol. The Morgan fingerprint density at radius 2 is 1.87 bits per heavy atom. The standard InChI is InChI=1S/C16H18BrN3O3/c1-2-3-8-23-13-6-4-11(5-7-13)15(21)19-20-16(22)14-9-12(17)10-18-14/h4-7,9-10,18H,2-3,8H2,1H3,(H,19,21)(H,20,22). The first-order chi connectivity index (χ1) is 11.1. The lowest BCUT2D eigenvalue weighted by Gasteiger charge is -2.08. The summed E-state index contributed by atoms with van der Waals surface area (Å²) < 4.78 is 6.29. The molecule has 0 saturated carbocycles. The minimum absolute atomic E-state index is 0.344. The summed E-state index contributed by atoms with van der Waals surface area (Å²) in [5.41, 5.74) is 5.48. The van der Waals surface area contributed by atoms with E-state index in [0.717, 1.165) is 23.1 Å². The number of carbonyl (C=O) groups is 2. The maximum Gasteiger partial charge on any atom is 0.286 e. The number of ether oxygens (including phenoxy) is 1. The van der Waals surface area contributed by atoms with Crippen LogP contribution in [0.15, 0.2) is 41.0 Å². The molecule has 0 atom stereocenters. The molecular weight excluding hydrogens is 362 g/mol. The molecule has 0 fully saturated rings. The average Bonchev–Trinajstić information content (AvgIpc) is 3.00. The fraction of sp³-hybridized carbons (Fsp3) is 0.250. The largest absolute Gasteiger partial charge is 0.494 e. The predicted molar refractivity (Wildman–Crippen MR) is 90.3 cm³/mol. The van der Waals surface area contributed by atoms with Gasteiger partial charge in [0.1, 0.15) is 11.4 Å². The number of halogens is 1. The fourth-order valence-electron chi connectivity index (χ4n) is 1.79. The van der Waals surface area contributed by atoms with Crippen LogP contribution in [0.4, 0.5) is 0 Å². The van der Waals surface area contributed by atoms with Gasteiger partial charge >= 0.3 is 0 Å². The van der Waals surface area contributed by atoms with Crippen molar-refractivity contribution in [1.82, 2.24) is 15.8 Å². The molecule has 0 spiro atoms. The Bertz CT molecular complexity index is 667. The molecule has 2 amide bonds. The minimum Gasteiger partial charge on any atom is -0.494 e. The third-order valence-corrected chi connectivity index (χ3v) is 3.52. The Balaban J connectivity index is 1.84. The van der Waals surface area contributed by atoms with Crippen LogP contribution >= 0.6 is 15.9 Å². The molecule has 23 heavy (non-hydrogen) atoms. The summed E-state index contributed by atoms with van der Waals surface area (Å²) in [7, 11) is 0. The van der Waals surface area contributed by atoms with Crippen LogP contribution in [0.1, 0.15) is 40.6 Å². The Hall–Kier alpha value is -2.28. The second-order valence-corrected chi connectivity index (χ2v) is 5.78. The number of nitrogens with one attached hydrogen (secondary N) is 3. The molecule has 122 valence electrons. The van der Waals surface area contributed by atoms with Crippen molar-refractivity contribution < 1.29 is 14.3 Å². The van der Waals surface area contributed by atoms with E-state index in [2.05, 4.69) is 38.7 Å². The number of hydrogen-bond acceptors (Lipinski definition) is 3. The van der Waals surface area contributed by atoms with Crippen LogP contribution in [-0.2, 0) is 0 Å². The van der Waals surface area contributed by atoms with Crippen molar-refractivity contribution in [3.05, 3.63) is 52.3 Å². The van der Waals surface area contributed by atoms with Gasteiger partial charge in [0.2, 0.25) is 0 Å². The highest BCUT2D eigenvalue weighted by atomic mass is 79.9. The van der Waals surface area contributed by atoms with Gasteiger partial charge in [0, 0.05) is 16.2 Å². The molecule has 0 radical (unpaired) electrons. The first-order valence-corrected chi connectivity index (χ1v) is 8.07. The van der Waals surface area contributed by atoms with Gasteiger partial charge in [-0.2, -0.15) is 0 Å². The van der Waals surface area contributed by atoms with Crippen LogP contribution in [0, 0.1) is 0 Å². The normalized spacial score (nSPS) is 10.2. The van der Waals surface area contributed by atoms with Crippen LogP contribution in [0.25, 0.3) is 0 Å². The predicted octanol–water partition coefficient (Wildman–Crippen LogP) is 3.03. The lowest BCUT2D eigenvalue weighted by atomic mass is 10.2. The second-order valence-electron chi connectivity index (χ2n) is 4.87. The van der Waals surface area contributed by atoms with E-state index in [0.29, 0.717) is 17.9 Å². The molecule has 0 bridgehead atoms. The summed E-state index contributed by atoms with van der Waals surface area (Å²) in [5.74, 6) is -0.108. The van der Waals surface area contributed by atoms with Gasteiger partial charge < -0.3 is 9.72 Å². The highest BCUT2D eigenvalue weighted by molar-refractivity contribution is 9.10. The SMILES string of the molecule is CCCCOc1ccc(C(=O)NNC(=O)c2cc(Br)c[nH]2)cc1. The quantitative estimate of drug-likeness (QED) is 0.532. The van der Waals surface area contributed by atoms with Gasteiger partial charge in [-0.05, 0) is 52.7 Å². The van der Waals surface area contributed by atoms with E-state index in [1.54, 1.807) is 36.5 Å². The lowest BCUT2D eigenvalue weighted by molar-refractivity contribution is 0.0844. The molecule has 0 aliphatic heterocycles. The van der Waals surface area contributed by atoms with Crippen LogP contribution in [0.2, 0.25) is 0 Å². The smallest absolute Gasteiger partial charge is 0.286 e. The number of aromatic nitrogens is 1. The molecule has 0 aliphatic carbocycles. The summed E-state index contributed by atoms with van der Waals surface area (Å²) in [6.07, 6.45) is 3.69. The van der Waals surface area contributed by atoms with Crippen LogP contribution < -0.4 is 15.6 Å². The third-order valence-electron chi connectivity index (χ3n) is 3.07. The van der Waals surface area contributed by atoms with Crippen molar-refractivity contribution in [1.29, 1.82) is 0 Å². The second kappa shape index (κ2) is 8.38. The number of H-pyrrole nitrogens is 1. The first-order valence-electron chi connectivity index (χ1n) is 7.27. The van der Waals surface area contributed by atoms with Crippen molar-refractivity contribution in [3.63, 3.8) is 0 Å². The summed E-state index contributed by atoms with van der Waals surface area (Å²) in [6, 6.07) is 8.37. The van der Waals surface area contributed by atoms with Crippen molar-refractivity contribution in [2.75, 3.05) is 6.61 Å². The van der Waals surface area contributed by atoms with Gasteiger partial charge in [-0.15, -0.1) is 0 Å². The summed E-state index contributed by atoms with van der Waals surface area (Å²) in [4.78, 5) is 26.5. The molecule has 2 rings (SSSR count). The van der Waals surface area contributed by atoms with Crippen molar-refractivity contribution >= 4 is 27.7 Å². The van der Waals surface area contributed by atoms with E-state index in [1.807, 2.05) is 0 Å². The molecule has 0 saturated heterocycles. The maximum atomic E-state index is 12.0. The topological polar surface area (TPSA) is 83.2 Å². The van der Waals surface area contributed by atoms with E-state index in [-0.39, 0.29) is 0 Å². The Morgan fingerprint density at radius 3 is 2.48 bits per heavy atom.